The summed E-state index contributed by atoms with van der Waals surface area (Å²) in [5.74, 6) is 0.281. The Hall–Kier alpha value is -3.10. The molecule has 0 fully saturated rings. The lowest BCUT2D eigenvalue weighted by Crippen LogP contribution is -2.20. The molecule has 1 N–H and O–H groups in total. The Morgan fingerprint density at radius 1 is 1.07 bits per heavy atom. The molecule has 7 nitrogen and oxygen atoms in total. The third-order valence-corrected chi connectivity index (χ3v) is 4.76. The van der Waals surface area contributed by atoms with Crippen LogP contribution in [0.4, 0.5) is 5.13 Å². The van der Waals surface area contributed by atoms with Crippen LogP contribution in [0.15, 0.2) is 60.0 Å². The van der Waals surface area contributed by atoms with Crippen molar-refractivity contribution < 1.29 is 4.79 Å². The predicted molar refractivity (Wildman–Crippen MR) is 104 cm³/mol. The lowest BCUT2D eigenvalue weighted by Gasteiger charge is -2.04. The molecule has 0 radical (unpaired) electrons. The summed E-state index contributed by atoms with van der Waals surface area (Å²) in [6.07, 6.45) is 0. The maximum atomic E-state index is 12.4. The molecule has 0 aliphatic carbocycles. The fourth-order valence-corrected chi connectivity index (χ4v) is 3.35. The number of carbonyl (C=O) groups is 1. The summed E-state index contributed by atoms with van der Waals surface area (Å²) in [7, 11) is 0. The molecule has 9 heteroatoms. The van der Waals surface area contributed by atoms with Crippen molar-refractivity contribution in [3.8, 4) is 22.6 Å². The molecule has 4 aromatic rings. The number of nitrogens with one attached hydrogen (secondary N) is 1. The number of tetrazole rings is 1. The van der Waals surface area contributed by atoms with Crippen LogP contribution in [-0.4, -0.2) is 31.1 Å². The minimum absolute atomic E-state index is 0.00686. The second kappa shape index (κ2) is 7.65. The number of aromatic nitrogens is 5. The van der Waals surface area contributed by atoms with Crippen molar-refractivity contribution in [1.29, 1.82) is 0 Å². The molecule has 4 rings (SSSR count). The number of halogens is 1. The topological polar surface area (TPSA) is 85.6 Å². The molecule has 2 aromatic carbocycles. The summed E-state index contributed by atoms with van der Waals surface area (Å²) in [5.41, 5.74) is 2.55. The number of rotatable bonds is 5. The van der Waals surface area contributed by atoms with Gasteiger partial charge in [-0.15, -0.1) is 16.4 Å². The van der Waals surface area contributed by atoms with Crippen molar-refractivity contribution in [2.75, 3.05) is 5.32 Å². The van der Waals surface area contributed by atoms with Gasteiger partial charge in [0.25, 0.3) is 0 Å². The van der Waals surface area contributed by atoms with Gasteiger partial charge in [-0.25, -0.2) is 9.67 Å². The maximum absolute atomic E-state index is 12.4. The second-order valence-electron chi connectivity index (χ2n) is 5.62. The van der Waals surface area contributed by atoms with E-state index in [1.807, 2.05) is 47.8 Å². The highest BCUT2D eigenvalue weighted by molar-refractivity contribution is 7.14. The summed E-state index contributed by atoms with van der Waals surface area (Å²) in [6, 6.07) is 16.8. The number of anilines is 1. The molecule has 0 spiro atoms. The highest BCUT2D eigenvalue weighted by Gasteiger charge is 2.14. The average molecular weight is 397 g/mol. The molecule has 1 amide bonds. The molecule has 2 heterocycles. The van der Waals surface area contributed by atoms with Gasteiger partial charge in [-0.3, -0.25) is 4.79 Å². The summed E-state index contributed by atoms with van der Waals surface area (Å²) in [6.45, 7) is -0.00686. The van der Waals surface area contributed by atoms with E-state index >= 15 is 0 Å². The third-order valence-electron chi connectivity index (χ3n) is 3.75. The number of benzene rings is 2. The Bertz CT molecular complexity index is 1060. The second-order valence-corrected chi connectivity index (χ2v) is 6.91. The number of thiazole rings is 1. The van der Waals surface area contributed by atoms with E-state index in [1.165, 1.54) is 16.0 Å². The fraction of sp³-hybridized carbons (Fsp3) is 0.0556. The molecular formula is C18H13ClN6OS. The first-order chi connectivity index (χ1) is 13.2. The normalized spacial score (nSPS) is 10.7. The van der Waals surface area contributed by atoms with Crippen LogP contribution in [-0.2, 0) is 11.3 Å². The molecule has 0 aliphatic rings. The first-order valence-corrected chi connectivity index (χ1v) is 9.28. The third kappa shape index (κ3) is 4.02. The van der Waals surface area contributed by atoms with E-state index in [0.717, 1.165) is 16.8 Å². The molecule has 0 atom stereocenters. The summed E-state index contributed by atoms with van der Waals surface area (Å²) in [4.78, 5) is 16.8. The van der Waals surface area contributed by atoms with Gasteiger partial charge in [0.1, 0.15) is 6.54 Å². The van der Waals surface area contributed by atoms with Crippen molar-refractivity contribution >= 4 is 34.0 Å². The van der Waals surface area contributed by atoms with Crippen LogP contribution in [0.3, 0.4) is 0 Å². The van der Waals surface area contributed by atoms with Gasteiger partial charge in [0.2, 0.25) is 5.91 Å². The molecule has 2 aromatic heterocycles. The van der Waals surface area contributed by atoms with Crippen LogP contribution in [0.2, 0.25) is 5.02 Å². The molecular weight excluding hydrogens is 384 g/mol. The van der Waals surface area contributed by atoms with E-state index in [1.54, 1.807) is 12.1 Å². The van der Waals surface area contributed by atoms with Crippen LogP contribution >= 0.6 is 22.9 Å². The molecule has 0 aliphatic heterocycles. The van der Waals surface area contributed by atoms with Crippen molar-refractivity contribution in [3.05, 3.63) is 65.0 Å². The fourth-order valence-electron chi connectivity index (χ4n) is 2.48. The van der Waals surface area contributed by atoms with Gasteiger partial charge in [-0.1, -0.05) is 54.1 Å². The zero-order chi connectivity index (χ0) is 18.6. The summed E-state index contributed by atoms with van der Waals surface area (Å²) >= 11 is 7.26. The number of nitrogens with zero attached hydrogens (tertiary/aromatic N) is 5. The Balaban J connectivity index is 1.45. The van der Waals surface area contributed by atoms with Gasteiger partial charge >= 0.3 is 0 Å². The monoisotopic (exact) mass is 396 g/mol. The van der Waals surface area contributed by atoms with Gasteiger partial charge in [0, 0.05) is 21.5 Å². The van der Waals surface area contributed by atoms with Crippen LogP contribution in [0.1, 0.15) is 0 Å². The molecule has 0 bridgehead atoms. The maximum Gasteiger partial charge on any atom is 0.248 e. The van der Waals surface area contributed by atoms with Crippen molar-refractivity contribution in [2.45, 2.75) is 6.54 Å². The van der Waals surface area contributed by atoms with Gasteiger partial charge < -0.3 is 5.32 Å². The van der Waals surface area contributed by atoms with Crippen LogP contribution in [0.25, 0.3) is 22.6 Å². The molecule has 0 unspecified atom stereocenters. The van der Waals surface area contributed by atoms with Gasteiger partial charge in [0.05, 0.1) is 5.69 Å². The van der Waals surface area contributed by atoms with E-state index in [0.29, 0.717) is 16.0 Å². The Morgan fingerprint density at radius 3 is 2.63 bits per heavy atom. The molecule has 0 saturated heterocycles. The van der Waals surface area contributed by atoms with E-state index < -0.39 is 0 Å². The van der Waals surface area contributed by atoms with E-state index in [-0.39, 0.29) is 12.5 Å². The number of amides is 1. The lowest BCUT2D eigenvalue weighted by atomic mass is 10.2. The Morgan fingerprint density at radius 2 is 1.85 bits per heavy atom. The Labute approximate surface area is 163 Å². The van der Waals surface area contributed by atoms with E-state index in [2.05, 4.69) is 25.8 Å². The molecule has 27 heavy (non-hydrogen) atoms. The first-order valence-electron chi connectivity index (χ1n) is 8.02. The molecule has 0 saturated carbocycles. The number of carbonyl (C=O) groups excluding carboxylic acids is 1. The van der Waals surface area contributed by atoms with Gasteiger partial charge in [0.15, 0.2) is 11.0 Å². The van der Waals surface area contributed by atoms with Crippen LogP contribution < -0.4 is 5.32 Å². The predicted octanol–water partition coefficient (Wildman–Crippen LogP) is 3.76. The average Bonchev–Trinajstić information content (AvgIpc) is 3.33. The zero-order valence-electron chi connectivity index (χ0n) is 13.9. The number of hydrogen-bond donors (Lipinski definition) is 1. The van der Waals surface area contributed by atoms with E-state index in [4.69, 9.17) is 11.6 Å². The number of hydrogen-bond acceptors (Lipinski definition) is 6. The standard InChI is InChI=1S/C18H13ClN6OS/c19-14-8-6-12(7-9-14)15-11-27-18(20-15)21-16(26)10-25-17(22-23-24-25)13-4-2-1-3-5-13/h1-9,11H,10H2,(H,20,21,26). The van der Waals surface area contributed by atoms with E-state index in [9.17, 15) is 4.79 Å². The lowest BCUT2D eigenvalue weighted by molar-refractivity contribution is -0.116. The summed E-state index contributed by atoms with van der Waals surface area (Å²) in [5, 5.41) is 17.4. The van der Waals surface area contributed by atoms with Gasteiger partial charge in [-0.05, 0) is 22.6 Å². The Kier molecular flexibility index (Phi) is 4.91. The van der Waals surface area contributed by atoms with Crippen LogP contribution in [0.5, 0.6) is 0 Å². The highest BCUT2D eigenvalue weighted by atomic mass is 35.5. The van der Waals surface area contributed by atoms with Crippen LogP contribution in [0, 0.1) is 0 Å². The largest absolute Gasteiger partial charge is 0.300 e. The first kappa shape index (κ1) is 17.3. The quantitative estimate of drug-likeness (QED) is 0.555. The minimum atomic E-state index is -0.253. The van der Waals surface area contributed by atoms with Crippen molar-refractivity contribution in [2.24, 2.45) is 0 Å². The van der Waals surface area contributed by atoms with Crippen molar-refractivity contribution in [3.63, 3.8) is 0 Å². The smallest absolute Gasteiger partial charge is 0.248 e. The summed E-state index contributed by atoms with van der Waals surface area (Å²) < 4.78 is 1.46. The zero-order valence-corrected chi connectivity index (χ0v) is 15.5. The molecule has 134 valence electrons. The minimum Gasteiger partial charge on any atom is -0.300 e. The van der Waals surface area contributed by atoms with Gasteiger partial charge in [-0.2, -0.15) is 0 Å². The highest BCUT2D eigenvalue weighted by Crippen LogP contribution is 2.26. The SMILES string of the molecule is O=C(Cn1nnnc1-c1ccccc1)Nc1nc(-c2ccc(Cl)cc2)cs1. The van der Waals surface area contributed by atoms with Crippen molar-refractivity contribution in [1.82, 2.24) is 25.2 Å².